The number of likely N-dealkylation sites (tertiary alicyclic amines) is 1. The van der Waals surface area contributed by atoms with Crippen LogP contribution in [0.25, 0.3) is 0 Å². The predicted molar refractivity (Wildman–Crippen MR) is 300 cm³/mol. The van der Waals surface area contributed by atoms with Gasteiger partial charge in [-0.15, -0.1) is 0 Å². The monoisotopic (exact) mass is 1110 g/mol. The van der Waals surface area contributed by atoms with E-state index < -0.39 is 108 Å². The first-order valence-electron chi connectivity index (χ1n) is 27.7. The number of hydrogen-bond donors (Lipinski definition) is 4. The molecule has 1 aliphatic rings. The first-order valence-corrected chi connectivity index (χ1v) is 27.7. The van der Waals surface area contributed by atoms with Crippen molar-refractivity contribution in [2.75, 3.05) is 75.6 Å². The molecule has 79 heavy (non-hydrogen) atoms. The first kappa shape index (κ1) is 68.9. The number of ether oxygens (including phenoxy) is 1. The molecule has 1 aromatic rings. The zero-order valence-corrected chi connectivity index (χ0v) is 50.4. The fourth-order valence-electron chi connectivity index (χ4n) is 9.34. The molecule has 4 N–H and O–H groups in total. The maximum atomic E-state index is 15.0. The predicted octanol–water partition coefficient (Wildman–Crippen LogP) is 1.90. The summed E-state index contributed by atoms with van der Waals surface area (Å²) in [6.07, 6.45) is 2.23. The van der Waals surface area contributed by atoms with Gasteiger partial charge in [0.2, 0.25) is 59.6 Å². The van der Waals surface area contributed by atoms with Crippen LogP contribution in [0.3, 0.4) is 0 Å². The maximum Gasteiger partial charge on any atom is 0.248 e. The van der Waals surface area contributed by atoms with E-state index in [1.807, 2.05) is 41.5 Å². The highest BCUT2D eigenvalue weighted by molar-refractivity contribution is 5.98. The number of piperidine rings is 1. The largest absolute Gasteiger partial charge is 0.391 e. The summed E-state index contributed by atoms with van der Waals surface area (Å²) in [6, 6.07) is 0.376. The van der Waals surface area contributed by atoms with E-state index in [1.165, 1.54) is 61.8 Å². The maximum absolute atomic E-state index is 15.0. The molecule has 0 bridgehead atoms. The van der Waals surface area contributed by atoms with Crippen LogP contribution in [0.2, 0.25) is 0 Å². The van der Waals surface area contributed by atoms with Gasteiger partial charge in [0, 0.05) is 68.8 Å². The number of amides is 10. The summed E-state index contributed by atoms with van der Waals surface area (Å²) >= 11 is 0. The normalized spacial score (nSPS) is 16.1. The molecule has 9 atom stereocenters. The second-order valence-electron chi connectivity index (χ2n) is 23.3. The number of aliphatic hydroxyl groups excluding tert-OH is 1. The van der Waals surface area contributed by atoms with Crippen molar-refractivity contribution < 1.29 is 57.8 Å². The summed E-state index contributed by atoms with van der Waals surface area (Å²) in [5.41, 5.74) is -0.0519. The number of nitrogens with one attached hydrogen (secondary N) is 3. The van der Waals surface area contributed by atoms with Gasteiger partial charge < -0.3 is 60.1 Å². The molecule has 22 heteroatoms. The van der Waals surface area contributed by atoms with Crippen molar-refractivity contribution in [3.8, 4) is 0 Å². The number of rotatable bonds is 30. The molecule has 1 heterocycles. The molecule has 0 radical (unpaired) electrons. The Kier molecular flexibility index (Phi) is 28.1. The highest BCUT2D eigenvalue weighted by Crippen LogP contribution is 2.24. The molecule has 0 saturated carbocycles. The Hall–Kier alpha value is -6.16. The third kappa shape index (κ3) is 21.4. The van der Waals surface area contributed by atoms with Crippen molar-refractivity contribution in [1.29, 1.82) is 0 Å². The Balaban J connectivity index is 2.48. The molecule has 446 valence electrons. The summed E-state index contributed by atoms with van der Waals surface area (Å²) in [7, 11) is 10.2. The fraction of sp³-hybridized carbons (Fsp3) is 0.719. The number of carbonyl (C=O) groups is 10. The smallest absolute Gasteiger partial charge is 0.248 e. The second-order valence-corrected chi connectivity index (χ2v) is 23.3. The van der Waals surface area contributed by atoms with Crippen LogP contribution in [0, 0.1) is 17.8 Å². The van der Waals surface area contributed by atoms with Gasteiger partial charge in [-0.2, -0.15) is 0 Å². The number of likely N-dealkylation sites (N-methyl/N-ethyl adjacent to an activating group) is 5. The van der Waals surface area contributed by atoms with E-state index >= 15 is 4.79 Å². The van der Waals surface area contributed by atoms with Gasteiger partial charge in [0.25, 0.3) is 0 Å². The van der Waals surface area contributed by atoms with Crippen LogP contribution in [0.1, 0.15) is 120 Å². The molecule has 2 rings (SSSR count). The Morgan fingerprint density at radius 1 is 0.684 bits per heavy atom. The van der Waals surface area contributed by atoms with E-state index in [4.69, 9.17) is 4.74 Å². The van der Waals surface area contributed by atoms with E-state index in [1.54, 1.807) is 70.1 Å². The summed E-state index contributed by atoms with van der Waals surface area (Å²) < 4.78 is 6.03. The number of aliphatic hydroxyl groups is 1. The van der Waals surface area contributed by atoms with Crippen molar-refractivity contribution in [1.82, 2.24) is 50.2 Å². The minimum absolute atomic E-state index is 0.113. The van der Waals surface area contributed by atoms with E-state index in [9.17, 15) is 48.3 Å². The fourth-order valence-corrected chi connectivity index (χ4v) is 9.34. The van der Waals surface area contributed by atoms with Crippen molar-refractivity contribution >= 4 is 59.6 Å². The van der Waals surface area contributed by atoms with E-state index in [-0.39, 0.29) is 55.9 Å². The number of nitrogens with zero attached hydrogens (tertiary/aromatic N) is 7. The van der Waals surface area contributed by atoms with Crippen molar-refractivity contribution in [2.24, 2.45) is 17.8 Å². The lowest BCUT2D eigenvalue weighted by atomic mass is 9.93. The van der Waals surface area contributed by atoms with Crippen LogP contribution in [-0.2, 0) is 59.1 Å². The van der Waals surface area contributed by atoms with Gasteiger partial charge in [-0.1, -0.05) is 78.3 Å². The molecule has 1 aromatic carbocycles. The van der Waals surface area contributed by atoms with Crippen molar-refractivity contribution in [3.63, 3.8) is 0 Å². The van der Waals surface area contributed by atoms with Crippen molar-refractivity contribution in [3.05, 3.63) is 35.9 Å². The number of benzene rings is 1. The van der Waals surface area contributed by atoms with E-state index in [2.05, 4.69) is 16.0 Å². The van der Waals surface area contributed by atoms with E-state index in [0.29, 0.717) is 25.9 Å². The Labute approximate surface area is 470 Å². The Morgan fingerprint density at radius 2 is 1.22 bits per heavy atom. The molecule has 1 aliphatic heterocycles. The summed E-state index contributed by atoms with van der Waals surface area (Å²) in [5.74, 6) is -6.27. The summed E-state index contributed by atoms with van der Waals surface area (Å²) in [5, 5.41) is 18.8. The molecule has 0 aromatic heterocycles. The molecule has 1 unspecified atom stereocenters. The van der Waals surface area contributed by atoms with Gasteiger partial charge in [-0.05, 0) is 83.1 Å². The van der Waals surface area contributed by atoms with Gasteiger partial charge >= 0.3 is 0 Å². The molecule has 22 nitrogen and oxygen atoms in total. The quantitative estimate of drug-likeness (QED) is 0.0807. The van der Waals surface area contributed by atoms with Crippen molar-refractivity contribution in [2.45, 2.75) is 175 Å². The minimum atomic E-state index is -1.53. The van der Waals surface area contributed by atoms with Crippen LogP contribution >= 0.6 is 0 Å². The molecular formula is C57H96N10O12. The van der Waals surface area contributed by atoms with Crippen LogP contribution in [0.15, 0.2) is 30.3 Å². The van der Waals surface area contributed by atoms with Gasteiger partial charge in [0.05, 0.1) is 31.3 Å². The van der Waals surface area contributed by atoms with Gasteiger partial charge in [0.15, 0.2) is 0 Å². The zero-order chi connectivity index (χ0) is 60.2. The standard InChI is InChI=1S/C57H96N10O12/c1-18-38(6)49(51(73)59-41(32-47(71)61(11)12)53(75)67-27-23-20-24-28-67)66(17)55(77)45(30-37(4)5)65(16)54(76)44(29-36(2)3)64(15)52(74)42(34-79-57(8,9)10)58-46(70)33-62(13)56(78)48(39(7)69)60-50(72)43(63(14)35-68)31-40-25-21-19-22-26-40/h19,21-22,25-26,35-39,41-45,48-49,69H,18,20,23-24,27-34H2,1-17H3,(H,58,70)(H,59,73)(H,60,72)/t38-,39+,41?,42-,43-,44-,45-,48-,49-/m0/s1. The number of carbonyl (C=O) groups excluding carboxylic acids is 10. The van der Waals surface area contributed by atoms with Gasteiger partial charge in [-0.25, -0.2) is 0 Å². The van der Waals surface area contributed by atoms with Gasteiger partial charge in [0.1, 0.15) is 42.3 Å². The van der Waals surface area contributed by atoms with Crippen LogP contribution < -0.4 is 16.0 Å². The lowest BCUT2D eigenvalue weighted by molar-refractivity contribution is -0.154. The topological polar surface area (TPSA) is 259 Å². The zero-order valence-electron chi connectivity index (χ0n) is 50.4. The second kappa shape index (κ2) is 32.2. The Morgan fingerprint density at radius 3 is 1.70 bits per heavy atom. The summed E-state index contributed by atoms with van der Waals surface area (Å²) in [4.78, 5) is 148. The SMILES string of the molecule is CC[C@H](C)[C@@H](C(=O)NC(CC(=O)N(C)C)C(=O)N1CCCCC1)N(C)C(=O)[C@H](CC(C)C)N(C)C(=O)[C@H](CC(C)C)N(C)C(=O)[C@H](COC(C)(C)C)NC(=O)CN(C)C(=O)[C@@H](NC(=O)[C@H](Cc1ccccc1)N(C)C=O)[C@@H](C)O. The lowest BCUT2D eigenvalue weighted by Crippen LogP contribution is -2.62. The highest BCUT2D eigenvalue weighted by Gasteiger charge is 2.43. The first-order chi connectivity index (χ1) is 36.8. The molecular weight excluding hydrogens is 1020 g/mol. The van der Waals surface area contributed by atoms with Crippen LogP contribution in [0.4, 0.5) is 0 Å². The van der Waals surface area contributed by atoms with Crippen LogP contribution in [-0.4, -0.2) is 229 Å². The molecule has 10 amide bonds. The third-order valence-electron chi connectivity index (χ3n) is 14.3. The highest BCUT2D eigenvalue weighted by atomic mass is 16.5. The van der Waals surface area contributed by atoms with Gasteiger partial charge in [-0.3, -0.25) is 47.9 Å². The average molecular weight is 1110 g/mol. The minimum Gasteiger partial charge on any atom is -0.391 e. The molecule has 0 spiro atoms. The molecule has 1 saturated heterocycles. The Bertz CT molecular complexity index is 2200. The molecule has 1 fully saturated rings. The number of hydrogen-bond acceptors (Lipinski definition) is 12. The third-order valence-corrected chi connectivity index (χ3v) is 14.3. The van der Waals surface area contributed by atoms with Crippen LogP contribution in [0.5, 0.6) is 0 Å². The summed E-state index contributed by atoms with van der Waals surface area (Å²) in [6.45, 7) is 17.8. The average Bonchev–Trinajstić information content (AvgIpc) is 3.39. The van der Waals surface area contributed by atoms with E-state index in [0.717, 1.165) is 34.6 Å². The molecule has 0 aliphatic carbocycles. The lowest BCUT2D eigenvalue weighted by Gasteiger charge is -2.40.